The first kappa shape index (κ1) is 17.4. The van der Waals surface area contributed by atoms with Crippen LogP contribution in [0, 0.1) is 0 Å². The van der Waals surface area contributed by atoms with E-state index in [1.807, 2.05) is 20.8 Å². The lowest BCUT2D eigenvalue weighted by Crippen LogP contribution is -2.43. The molecule has 2 aliphatic rings. The van der Waals surface area contributed by atoms with Gasteiger partial charge in [-0.3, -0.25) is 4.79 Å². The van der Waals surface area contributed by atoms with E-state index < -0.39 is 10.0 Å². The van der Waals surface area contributed by atoms with Crippen molar-refractivity contribution in [2.75, 3.05) is 37.7 Å². The van der Waals surface area contributed by atoms with Gasteiger partial charge in [-0.15, -0.1) is 0 Å². The van der Waals surface area contributed by atoms with E-state index in [-0.39, 0.29) is 11.3 Å². The van der Waals surface area contributed by atoms with Crippen molar-refractivity contribution in [2.45, 2.75) is 37.5 Å². The van der Waals surface area contributed by atoms with Gasteiger partial charge < -0.3 is 9.64 Å². The highest BCUT2D eigenvalue weighted by Gasteiger charge is 2.37. The van der Waals surface area contributed by atoms with Crippen LogP contribution in [0.25, 0.3) is 0 Å². The van der Waals surface area contributed by atoms with Crippen molar-refractivity contribution in [1.82, 2.24) is 4.31 Å². The predicted octanol–water partition coefficient (Wildman–Crippen LogP) is 1.74. The molecule has 1 fully saturated rings. The Bertz CT molecular complexity index is 752. The minimum atomic E-state index is -3.53. The van der Waals surface area contributed by atoms with Gasteiger partial charge in [0.2, 0.25) is 15.9 Å². The van der Waals surface area contributed by atoms with Crippen LogP contribution in [0.3, 0.4) is 0 Å². The third-order valence-electron chi connectivity index (χ3n) is 4.81. The van der Waals surface area contributed by atoms with Crippen LogP contribution in [0.4, 0.5) is 5.69 Å². The van der Waals surface area contributed by atoms with Gasteiger partial charge in [-0.05, 0) is 30.7 Å². The number of carbonyl (C=O) groups is 1. The Hall–Kier alpha value is -1.44. The average molecular weight is 352 g/mol. The van der Waals surface area contributed by atoms with Crippen LogP contribution < -0.4 is 4.90 Å². The fourth-order valence-corrected chi connectivity index (χ4v) is 4.87. The van der Waals surface area contributed by atoms with Crippen molar-refractivity contribution in [3.05, 3.63) is 23.8 Å². The molecular weight excluding hydrogens is 328 g/mol. The predicted molar refractivity (Wildman–Crippen MR) is 91.7 cm³/mol. The maximum atomic E-state index is 12.9. The number of sulfonamides is 1. The van der Waals surface area contributed by atoms with E-state index in [1.165, 1.54) is 4.31 Å². The van der Waals surface area contributed by atoms with Gasteiger partial charge in [-0.2, -0.15) is 4.31 Å². The maximum absolute atomic E-state index is 12.9. The molecule has 0 unspecified atom stereocenters. The molecule has 1 aromatic carbocycles. The van der Waals surface area contributed by atoms with Gasteiger partial charge in [0, 0.05) is 37.2 Å². The monoisotopic (exact) mass is 352 g/mol. The molecule has 6 nitrogen and oxygen atoms in total. The molecule has 0 N–H and O–H groups in total. The van der Waals surface area contributed by atoms with Gasteiger partial charge in [-0.25, -0.2) is 8.42 Å². The number of carbonyl (C=O) groups excluding carboxylic acids is 1. The Morgan fingerprint density at radius 2 is 1.88 bits per heavy atom. The summed E-state index contributed by atoms with van der Waals surface area (Å²) in [6.07, 6.45) is 0.384. The van der Waals surface area contributed by atoms with Crippen LogP contribution >= 0.6 is 0 Å². The fourth-order valence-electron chi connectivity index (χ4n) is 3.44. The molecule has 0 saturated carbocycles. The highest BCUT2D eigenvalue weighted by Crippen LogP contribution is 2.41. The van der Waals surface area contributed by atoms with Gasteiger partial charge >= 0.3 is 0 Å². The van der Waals surface area contributed by atoms with Crippen LogP contribution in [0.15, 0.2) is 23.1 Å². The quantitative estimate of drug-likeness (QED) is 0.831. The number of fused-ring (bicyclic) bond motifs is 1. The molecule has 132 valence electrons. The lowest BCUT2D eigenvalue weighted by molar-refractivity contribution is -0.120. The SMILES string of the molecule is CCN1C(=O)CC(C)(C)c2cc(S(=O)(=O)N3CCOCC3)ccc21. The molecule has 0 spiro atoms. The summed E-state index contributed by atoms with van der Waals surface area (Å²) in [5.41, 5.74) is 1.35. The second-order valence-corrected chi connectivity index (χ2v) is 8.83. The number of anilines is 1. The van der Waals surface area contributed by atoms with Crippen LogP contribution in [0.1, 0.15) is 32.8 Å². The molecule has 24 heavy (non-hydrogen) atoms. The molecule has 2 heterocycles. The van der Waals surface area contributed by atoms with E-state index in [1.54, 1.807) is 23.1 Å². The number of morpholine rings is 1. The summed E-state index contributed by atoms with van der Waals surface area (Å²) >= 11 is 0. The highest BCUT2D eigenvalue weighted by molar-refractivity contribution is 7.89. The molecule has 0 aliphatic carbocycles. The fraction of sp³-hybridized carbons (Fsp3) is 0.588. The lowest BCUT2D eigenvalue weighted by Gasteiger charge is -2.38. The van der Waals surface area contributed by atoms with Crippen molar-refractivity contribution < 1.29 is 17.9 Å². The number of benzene rings is 1. The van der Waals surface area contributed by atoms with E-state index >= 15 is 0 Å². The van der Waals surface area contributed by atoms with Crippen LogP contribution in [0.2, 0.25) is 0 Å². The third-order valence-corrected chi connectivity index (χ3v) is 6.70. The molecule has 0 atom stereocenters. The normalized spacial score (nSPS) is 21.6. The molecule has 2 aliphatic heterocycles. The highest BCUT2D eigenvalue weighted by atomic mass is 32.2. The molecule has 0 aromatic heterocycles. The summed E-state index contributed by atoms with van der Waals surface area (Å²) in [5, 5.41) is 0. The molecular formula is C17H24N2O4S. The topological polar surface area (TPSA) is 66.9 Å². The summed E-state index contributed by atoms with van der Waals surface area (Å²) in [7, 11) is -3.53. The molecule has 3 rings (SSSR count). The summed E-state index contributed by atoms with van der Waals surface area (Å²) in [5.74, 6) is 0.0822. The molecule has 1 amide bonds. The van der Waals surface area contributed by atoms with E-state index in [0.29, 0.717) is 44.2 Å². The van der Waals surface area contributed by atoms with Crippen molar-refractivity contribution in [3.63, 3.8) is 0 Å². The summed E-state index contributed by atoms with van der Waals surface area (Å²) < 4.78 is 32.5. The molecule has 0 radical (unpaired) electrons. The van der Waals surface area contributed by atoms with E-state index in [2.05, 4.69) is 0 Å². The van der Waals surface area contributed by atoms with Crippen LogP contribution in [-0.4, -0.2) is 51.5 Å². The van der Waals surface area contributed by atoms with Crippen LogP contribution in [-0.2, 0) is 25.0 Å². The number of ether oxygens (including phenoxy) is 1. The van der Waals surface area contributed by atoms with E-state index in [9.17, 15) is 13.2 Å². The Morgan fingerprint density at radius 1 is 1.21 bits per heavy atom. The zero-order chi connectivity index (χ0) is 17.5. The Morgan fingerprint density at radius 3 is 2.50 bits per heavy atom. The van der Waals surface area contributed by atoms with Crippen molar-refractivity contribution in [1.29, 1.82) is 0 Å². The van der Waals surface area contributed by atoms with Gasteiger partial charge in [0.25, 0.3) is 0 Å². The smallest absolute Gasteiger partial charge is 0.243 e. The maximum Gasteiger partial charge on any atom is 0.243 e. The number of nitrogens with zero attached hydrogens (tertiary/aromatic N) is 2. The van der Waals surface area contributed by atoms with Crippen molar-refractivity contribution >= 4 is 21.6 Å². The number of hydrogen-bond acceptors (Lipinski definition) is 4. The van der Waals surface area contributed by atoms with Gasteiger partial charge in [0.15, 0.2) is 0 Å². The van der Waals surface area contributed by atoms with Gasteiger partial charge in [0.1, 0.15) is 0 Å². The zero-order valence-electron chi connectivity index (χ0n) is 14.4. The van der Waals surface area contributed by atoms with Gasteiger partial charge in [0.05, 0.1) is 18.1 Å². The van der Waals surface area contributed by atoms with Crippen LogP contribution in [0.5, 0.6) is 0 Å². The Balaban J connectivity index is 2.06. The second kappa shape index (κ2) is 6.13. The minimum Gasteiger partial charge on any atom is -0.379 e. The van der Waals surface area contributed by atoms with Crippen molar-refractivity contribution in [2.24, 2.45) is 0 Å². The largest absolute Gasteiger partial charge is 0.379 e. The first-order valence-corrected chi connectivity index (χ1v) is 9.74. The first-order valence-electron chi connectivity index (χ1n) is 8.30. The third kappa shape index (κ3) is 2.85. The molecule has 7 heteroatoms. The molecule has 0 bridgehead atoms. The van der Waals surface area contributed by atoms with Crippen molar-refractivity contribution in [3.8, 4) is 0 Å². The minimum absolute atomic E-state index is 0.0822. The number of rotatable bonds is 3. The van der Waals surface area contributed by atoms with E-state index in [4.69, 9.17) is 4.74 Å². The molecule has 1 saturated heterocycles. The summed E-state index contributed by atoms with van der Waals surface area (Å²) in [6.45, 7) is 8.09. The average Bonchev–Trinajstić information content (AvgIpc) is 2.55. The van der Waals surface area contributed by atoms with E-state index in [0.717, 1.165) is 11.3 Å². The Labute approximate surface area is 143 Å². The summed E-state index contributed by atoms with van der Waals surface area (Å²) in [6, 6.07) is 5.13. The standard InChI is InChI=1S/C17H24N2O4S/c1-4-19-15-6-5-13(11-14(15)17(2,3)12-16(19)20)24(21,22)18-7-9-23-10-8-18/h5-6,11H,4,7-10,12H2,1-3H3. The Kier molecular flexibility index (Phi) is 4.44. The number of amides is 1. The zero-order valence-corrected chi connectivity index (χ0v) is 15.2. The molecule has 1 aromatic rings. The lowest BCUT2D eigenvalue weighted by atomic mass is 9.77. The second-order valence-electron chi connectivity index (χ2n) is 6.89. The first-order chi connectivity index (χ1) is 11.3. The summed E-state index contributed by atoms with van der Waals surface area (Å²) in [4.78, 5) is 14.3. The number of hydrogen-bond donors (Lipinski definition) is 0. The van der Waals surface area contributed by atoms with Gasteiger partial charge in [-0.1, -0.05) is 13.8 Å².